The van der Waals surface area contributed by atoms with E-state index in [1.807, 2.05) is 0 Å². The average Bonchev–Trinajstić information content (AvgIpc) is 3.63. The fourth-order valence-electron chi connectivity index (χ4n) is 4.19. The largest absolute Gasteiger partial charge is 0.370 e. The number of rotatable bonds is 11. The van der Waals surface area contributed by atoms with Crippen LogP contribution < -0.4 is 15.5 Å². The lowest BCUT2D eigenvalue weighted by molar-refractivity contribution is -0.125. The van der Waals surface area contributed by atoms with Crippen LogP contribution >= 0.6 is 22.9 Å². The highest BCUT2D eigenvalue weighted by molar-refractivity contribution is 7.18. The molecule has 3 amide bonds. The molecule has 2 aromatic rings. The van der Waals surface area contributed by atoms with E-state index < -0.39 is 42.8 Å². The van der Waals surface area contributed by atoms with E-state index in [2.05, 4.69) is 10.6 Å². The van der Waals surface area contributed by atoms with Gasteiger partial charge >= 0.3 is 0 Å². The first-order valence-electron chi connectivity index (χ1n) is 11.8. The molecule has 1 aromatic carbocycles. The summed E-state index contributed by atoms with van der Waals surface area (Å²) in [6, 6.07) is 5.25. The molecule has 8 nitrogen and oxygen atoms in total. The van der Waals surface area contributed by atoms with Gasteiger partial charge in [-0.1, -0.05) is 11.6 Å². The van der Waals surface area contributed by atoms with Crippen LogP contribution in [-0.2, 0) is 14.3 Å². The van der Waals surface area contributed by atoms with Gasteiger partial charge in [0.15, 0.2) is 0 Å². The number of thiophene rings is 1. The summed E-state index contributed by atoms with van der Waals surface area (Å²) in [5.74, 6) is -1.75. The summed E-state index contributed by atoms with van der Waals surface area (Å²) < 4.78 is 60.2. The normalized spacial score (nSPS) is 16.8. The van der Waals surface area contributed by atoms with Gasteiger partial charge in [-0.05, 0) is 43.2 Å². The Labute approximate surface area is 224 Å². The lowest BCUT2D eigenvalue weighted by Crippen LogP contribution is -2.53. The second-order valence-electron chi connectivity index (χ2n) is 8.81. The Morgan fingerprint density at radius 2 is 1.95 bits per heavy atom. The highest BCUT2D eigenvalue weighted by atomic mass is 35.5. The van der Waals surface area contributed by atoms with Crippen molar-refractivity contribution in [3.63, 3.8) is 0 Å². The third kappa shape index (κ3) is 7.01. The topological polar surface area (TPSA) is 91.0 Å². The molecule has 4 rings (SSSR count). The van der Waals surface area contributed by atoms with Crippen LogP contribution in [0, 0.1) is 0 Å². The third-order valence-electron chi connectivity index (χ3n) is 6.15. The first-order chi connectivity index (χ1) is 18.1. The Kier molecular flexibility index (Phi) is 9.23. The van der Waals surface area contributed by atoms with Crippen LogP contribution in [0.2, 0.25) is 4.34 Å². The highest BCUT2D eigenvalue weighted by Gasteiger charge is 2.39. The predicted molar refractivity (Wildman–Crippen MR) is 134 cm³/mol. The number of hydrogen-bond donors (Lipinski definition) is 2. The van der Waals surface area contributed by atoms with Crippen molar-refractivity contribution >= 4 is 52.0 Å². The fourth-order valence-corrected chi connectivity index (χ4v) is 5.15. The van der Waals surface area contributed by atoms with Crippen molar-refractivity contribution in [2.24, 2.45) is 0 Å². The average molecular weight is 577 g/mol. The number of nitrogens with one attached hydrogen (secondary N) is 2. The van der Waals surface area contributed by atoms with E-state index in [0.29, 0.717) is 17.2 Å². The number of amides is 3. The van der Waals surface area contributed by atoms with Crippen LogP contribution in [-0.4, -0.2) is 74.0 Å². The predicted octanol–water partition coefficient (Wildman–Crippen LogP) is 4.17. The number of halogens is 5. The molecule has 0 radical (unpaired) electrons. The molecule has 206 valence electrons. The molecule has 0 bridgehead atoms. The summed E-state index contributed by atoms with van der Waals surface area (Å²) in [6.07, 6.45) is -4.56. The summed E-state index contributed by atoms with van der Waals surface area (Å²) in [4.78, 5) is 40.9. The van der Waals surface area contributed by atoms with Crippen molar-refractivity contribution in [3.8, 4) is 0 Å². The van der Waals surface area contributed by atoms with Crippen LogP contribution in [0.25, 0.3) is 0 Å². The minimum Gasteiger partial charge on any atom is -0.370 e. The van der Waals surface area contributed by atoms with Crippen LogP contribution in [0.1, 0.15) is 34.5 Å². The molecule has 0 spiro atoms. The van der Waals surface area contributed by atoms with Crippen molar-refractivity contribution in [2.45, 2.75) is 37.8 Å². The van der Waals surface area contributed by atoms with E-state index in [1.54, 1.807) is 0 Å². The molecule has 2 fully saturated rings. The summed E-state index contributed by atoms with van der Waals surface area (Å²) in [5.41, 5.74) is -0.524. The van der Waals surface area contributed by atoms with Gasteiger partial charge < -0.3 is 20.3 Å². The van der Waals surface area contributed by atoms with E-state index in [4.69, 9.17) is 16.3 Å². The maximum atomic E-state index is 14.0. The second kappa shape index (κ2) is 12.4. The standard InChI is InChI=1S/C24H25ClF4N4O4S/c25-19-6-5-18(38-19)24(36)30-10-17(33(11-20(26)27)13-1-2-13)23(35)31-16-4-3-14(9-15(16)22(28)29)32-7-8-37-12-21(32)34/h3-6,9,13,17,20,22H,1-2,7-8,10-12H2,(H,30,36)(H,31,35)/t17-/m1/s1. The molecule has 2 heterocycles. The maximum Gasteiger partial charge on any atom is 0.265 e. The number of nitrogens with zero attached hydrogens (tertiary/aromatic N) is 2. The highest BCUT2D eigenvalue weighted by Crippen LogP contribution is 2.33. The first kappa shape index (κ1) is 28.3. The van der Waals surface area contributed by atoms with E-state index in [9.17, 15) is 31.9 Å². The second-order valence-corrected chi connectivity index (χ2v) is 10.5. The number of alkyl halides is 4. The number of morpholine rings is 1. The zero-order valence-electron chi connectivity index (χ0n) is 20.0. The van der Waals surface area contributed by atoms with E-state index in [1.165, 1.54) is 34.1 Å². The number of anilines is 2. The van der Waals surface area contributed by atoms with Crippen LogP contribution in [0.15, 0.2) is 30.3 Å². The molecule has 2 N–H and O–H groups in total. The lowest BCUT2D eigenvalue weighted by Gasteiger charge is -2.31. The van der Waals surface area contributed by atoms with Crippen molar-refractivity contribution in [1.29, 1.82) is 0 Å². The zero-order chi connectivity index (χ0) is 27.4. The van der Waals surface area contributed by atoms with Gasteiger partial charge in [0.2, 0.25) is 5.91 Å². The van der Waals surface area contributed by atoms with Gasteiger partial charge in [0.25, 0.3) is 24.7 Å². The van der Waals surface area contributed by atoms with Crippen molar-refractivity contribution in [2.75, 3.05) is 43.1 Å². The van der Waals surface area contributed by atoms with Crippen molar-refractivity contribution < 1.29 is 36.7 Å². The number of ether oxygens (including phenoxy) is 1. The van der Waals surface area contributed by atoms with Crippen LogP contribution in [0.5, 0.6) is 0 Å². The molecule has 1 saturated heterocycles. The Morgan fingerprint density at radius 3 is 2.55 bits per heavy atom. The van der Waals surface area contributed by atoms with Gasteiger partial charge in [-0.15, -0.1) is 11.3 Å². The number of carbonyl (C=O) groups excluding carboxylic acids is 3. The van der Waals surface area contributed by atoms with Gasteiger partial charge in [-0.2, -0.15) is 0 Å². The number of carbonyl (C=O) groups is 3. The smallest absolute Gasteiger partial charge is 0.265 e. The van der Waals surface area contributed by atoms with Gasteiger partial charge in [-0.25, -0.2) is 17.6 Å². The zero-order valence-corrected chi connectivity index (χ0v) is 21.5. The SMILES string of the molecule is O=C(NC[C@H](C(=O)Nc1ccc(N2CCOCC2=O)cc1C(F)F)N(CC(F)F)C1CC1)c1ccc(Cl)s1. The Morgan fingerprint density at radius 1 is 1.18 bits per heavy atom. The quantitative estimate of drug-likeness (QED) is 0.392. The summed E-state index contributed by atoms with van der Waals surface area (Å²) in [7, 11) is 0. The fraction of sp³-hybridized carbons (Fsp3) is 0.458. The van der Waals surface area contributed by atoms with Crippen LogP contribution in [0.4, 0.5) is 28.9 Å². The molecular formula is C24H25ClF4N4O4S. The van der Waals surface area contributed by atoms with Crippen molar-refractivity contribution in [3.05, 3.63) is 45.1 Å². The van der Waals surface area contributed by atoms with Gasteiger partial charge in [0.1, 0.15) is 12.6 Å². The molecule has 1 aromatic heterocycles. The number of benzene rings is 1. The summed E-state index contributed by atoms with van der Waals surface area (Å²) >= 11 is 6.88. The van der Waals surface area contributed by atoms with Crippen LogP contribution in [0.3, 0.4) is 0 Å². The number of hydrogen-bond acceptors (Lipinski definition) is 6. The molecule has 1 aliphatic carbocycles. The molecule has 0 unspecified atom stereocenters. The maximum absolute atomic E-state index is 14.0. The van der Waals surface area contributed by atoms with E-state index in [0.717, 1.165) is 17.4 Å². The molecule has 1 aliphatic heterocycles. The van der Waals surface area contributed by atoms with E-state index in [-0.39, 0.29) is 54.5 Å². The summed E-state index contributed by atoms with van der Waals surface area (Å²) in [6.45, 7) is -0.777. The molecule has 14 heteroatoms. The Balaban J connectivity index is 1.55. The minimum atomic E-state index is -3.00. The molecule has 2 aliphatic rings. The van der Waals surface area contributed by atoms with Gasteiger partial charge in [0.05, 0.1) is 22.4 Å². The Hall–Kier alpha value is -2.74. The Bertz CT molecular complexity index is 1180. The molecule has 38 heavy (non-hydrogen) atoms. The molecule has 1 saturated carbocycles. The van der Waals surface area contributed by atoms with Gasteiger partial charge in [0, 0.05) is 36.1 Å². The van der Waals surface area contributed by atoms with E-state index >= 15 is 0 Å². The molecule has 1 atom stereocenters. The minimum absolute atomic E-state index is 0.172. The van der Waals surface area contributed by atoms with Crippen molar-refractivity contribution in [1.82, 2.24) is 10.2 Å². The summed E-state index contributed by atoms with van der Waals surface area (Å²) in [5, 5.41) is 5.00. The third-order valence-corrected chi connectivity index (χ3v) is 7.38. The van der Waals surface area contributed by atoms with Gasteiger partial charge in [-0.3, -0.25) is 19.3 Å². The first-order valence-corrected chi connectivity index (χ1v) is 13.0. The monoisotopic (exact) mass is 576 g/mol. The molecular weight excluding hydrogens is 552 g/mol. The lowest BCUT2D eigenvalue weighted by atomic mass is 10.1.